The first-order chi connectivity index (χ1) is 7.64. The minimum absolute atomic E-state index is 0.0221. The van der Waals surface area contributed by atoms with Crippen LogP contribution < -0.4 is 0 Å². The topological polar surface area (TPSA) is 17.1 Å². The highest BCUT2D eigenvalue weighted by molar-refractivity contribution is 5.55. The summed E-state index contributed by atoms with van der Waals surface area (Å²) in [7, 11) is 0. The summed E-state index contributed by atoms with van der Waals surface area (Å²) in [6.45, 7) is 0. The molecule has 0 spiro atoms. The molecule has 7 heteroatoms. The number of hydrogen-bond acceptors (Lipinski definition) is 1. The van der Waals surface area contributed by atoms with Crippen molar-refractivity contribution in [3.63, 3.8) is 0 Å². The van der Waals surface area contributed by atoms with Crippen LogP contribution in [0.1, 0.15) is 16.7 Å². The van der Waals surface area contributed by atoms with Crippen molar-refractivity contribution in [2.45, 2.75) is 18.8 Å². The van der Waals surface area contributed by atoms with Gasteiger partial charge in [0.2, 0.25) is 0 Å². The van der Waals surface area contributed by atoms with Crippen LogP contribution in [-0.2, 0) is 23.6 Å². The van der Waals surface area contributed by atoms with Crippen LogP contribution in [-0.4, -0.2) is 6.29 Å². The standard InChI is InChI=1S/C10H6F6O/c11-9(12,13)7-3-6(1-2-17)4-8(5-7)10(14,15)16/h2-5H,1H2. The largest absolute Gasteiger partial charge is 0.416 e. The lowest BCUT2D eigenvalue weighted by Crippen LogP contribution is -2.11. The van der Waals surface area contributed by atoms with Crippen molar-refractivity contribution < 1.29 is 31.1 Å². The zero-order valence-electron chi connectivity index (χ0n) is 8.19. The summed E-state index contributed by atoms with van der Waals surface area (Å²) in [5.74, 6) is 0. The van der Waals surface area contributed by atoms with E-state index in [2.05, 4.69) is 0 Å². The Morgan fingerprint density at radius 3 is 1.59 bits per heavy atom. The highest BCUT2D eigenvalue weighted by Crippen LogP contribution is 2.36. The van der Waals surface area contributed by atoms with Crippen LogP contribution in [0, 0.1) is 0 Å². The quantitative estimate of drug-likeness (QED) is 0.585. The molecule has 1 aromatic rings. The first kappa shape index (κ1) is 13.5. The van der Waals surface area contributed by atoms with Gasteiger partial charge in [-0.15, -0.1) is 0 Å². The van der Waals surface area contributed by atoms with E-state index in [0.717, 1.165) is 0 Å². The molecule has 0 radical (unpaired) electrons. The van der Waals surface area contributed by atoms with Gasteiger partial charge < -0.3 is 4.79 Å². The number of aldehydes is 1. The lowest BCUT2D eigenvalue weighted by molar-refractivity contribution is -0.143. The second kappa shape index (κ2) is 4.38. The van der Waals surface area contributed by atoms with Gasteiger partial charge in [-0.05, 0) is 23.8 Å². The second-order valence-electron chi connectivity index (χ2n) is 3.28. The monoisotopic (exact) mass is 256 g/mol. The molecule has 94 valence electrons. The zero-order chi connectivity index (χ0) is 13.3. The van der Waals surface area contributed by atoms with Crippen LogP contribution in [0.25, 0.3) is 0 Å². The van der Waals surface area contributed by atoms with Gasteiger partial charge in [0, 0.05) is 6.42 Å². The third kappa shape index (κ3) is 3.47. The molecular formula is C10H6F6O. The SMILES string of the molecule is O=CCc1cc(C(F)(F)F)cc(C(F)(F)F)c1. The summed E-state index contributed by atoms with van der Waals surface area (Å²) < 4.78 is 73.9. The minimum atomic E-state index is -4.88. The van der Waals surface area contributed by atoms with E-state index in [1.54, 1.807) is 0 Å². The van der Waals surface area contributed by atoms with Crippen LogP contribution in [0.3, 0.4) is 0 Å². The molecule has 0 heterocycles. The van der Waals surface area contributed by atoms with Crippen molar-refractivity contribution in [1.82, 2.24) is 0 Å². The smallest absolute Gasteiger partial charge is 0.303 e. The van der Waals surface area contributed by atoms with Crippen molar-refractivity contribution in [1.29, 1.82) is 0 Å². The Morgan fingerprint density at radius 2 is 1.29 bits per heavy atom. The van der Waals surface area contributed by atoms with E-state index in [0.29, 0.717) is 12.1 Å². The van der Waals surface area contributed by atoms with E-state index in [1.165, 1.54) is 0 Å². The summed E-state index contributed by atoms with van der Waals surface area (Å²) in [5, 5.41) is 0. The highest BCUT2D eigenvalue weighted by atomic mass is 19.4. The highest BCUT2D eigenvalue weighted by Gasteiger charge is 2.36. The number of carbonyl (C=O) groups is 1. The van der Waals surface area contributed by atoms with Gasteiger partial charge in [0.1, 0.15) is 6.29 Å². The Bertz CT molecular complexity index is 386. The second-order valence-corrected chi connectivity index (χ2v) is 3.28. The van der Waals surface area contributed by atoms with E-state index in [4.69, 9.17) is 0 Å². The van der Waals surface area contributed by atoms with E-state index in [9.17, 15) is 31.1 Å². The van der Waals surface area contributed by atoms with Crippen molar-refractivity contribution >= 4 is 6.29 Å². The molecule has 0 bridgehead atoms. The summed E-state index contributed by atoms with van der Waals surface area (Å²) in [6.07, 6.45) is -10.00. The molecule has 1 rings (SSSR count). The van der Waals surface area contributed by atoms with Crippen LogP contribution in [0.4, 0.5) is 26.3 Å². The molecule has 1 aromatic carbocycles. The third-order valence-corrected chi connectivity index (χ3v) is 1.97. The maximum atomic E-state index is 12.3. The van der Waals surface area contributed by atoms with Crippen molar-refractivity contribution in [3.8, 4) is 0 Å². The molecule has 1 nitrogen and oxygen atoms in total. The fraction of sp³-hybridized carbons (Fsp3) is 0.300. The van der Waals surface area contributed by atoms with Crippen molar-refractivity contribution in [2.24, 2.45) is 0 Å². The van der Waals surface area contributed by atoms with Gasteiger partial charge in [0.25, 0.3) is 0 Å². The predicted molar refractivity (Wildman–Crippen MR) is 46.2 cm³/mol. The Kier molecular flexibility index (Phi) is 3.49. The van der Waals surface area contributed by atoms with Crippen LogP contribution in [0.15, 0.2) is 18.2 Å². The number of carbonyl (C=O) groups excluding carboxylic acids is 1. The molecule has 0 aliphatic heterocycles. The molecule has 17 heavy (non-hydrogen) atoms. The number of alkyl halides is 6. The maximum absolute atomic E-state index is 12.3. The van der Waals surface area contributed by atoms with Gasteiger partial charge in [-0.2, -0.15) is 26.3 Å². The van der Waals surface area contributed by atoms with Gasteiger partial charge >= 0.3 is 12.4 Å². The molecule has 0 aliphatic rings. The van der Waals surface area contributed by atoms with Gasteiger partial charge in [-0.3, -0.25) is 0 Å². The Morgan fingerprint density at radius 1 is 0.882 bits per heavy atom. The molecule has 0 N–H and O–H groups in total. The lowest BCUT2D eigenvalue weighted by Gasteiger charge is -2.13. The van der Waals surface area contributed by atoms with Crippen molar-refractivity contribution in [3.05, 3.63) is 34.9 Å². The summed E-state index contributed by atoms with van der Waals surface area (Å²) in [4.78, 5) is 10.1. The maximum Gasteiger partial charge on any atom is 0.416 e. The molecule has 0 aromatic heterocycles. The van der Waals surface area contributed by atoms with Crippen LogP contribution in [0.5, 0.6) is 0 Å². The molecule has 0 fully saturated rings. The lowest BCUT2D eigenvalue weighted by atomic mass is 10.0. The van der Waals surface area contributed by atoms with Gasteiger partial charge in [-0.25, -0.2) is 0 Å². The van der Waals surface area contributed by atoms with Crippen molar-refractivity contribution in [2.75, 3.05) is 0 Å². The molecule has 0 saturated heterocycles. The summed E-state index contributed by atoms with van der Waals surface area (Å²) >= 11 is 0. The Hall–Kier alpha value is -1.53. The first-order valence-corrected chi connectivity index (χ1v) is 4.36. The van der Waals surface area contributed by atoms with E-state index in [1.807, 2.05) is 0 Å². The summed E-state index contributed by atoms with van der Waals surface area (Å²) in [5.41, 5.74) is -3.14. The average Bonchev–Trinajstić information content (AvgIpc) is 2.15. The zero-order valence-corrected chi connectivity index (χ0v) is 8.19. The van der Waals surface area contributed by atoms with Crippen LogP contribution in [0.2, 0.25) is 0 Å². The number of benzene rings is 1. The molecule has 0 unspecified atom stereocenters. The van der Waals surface area contributed by atoms with E-state index < -0.39 is 29.9 Å². The number of hydrogen-bond donors (Lipinski definition) is 0. The molecule has 0 amide bonds. The average molecular weight is 256 g/mol. The predicted octanol–water partition coefficient (Wildman–Crippen LogP) is 3.47. The number of rotatable bonds is 2. The van der Waals surface area contributed by atoms with E-state index in [-0.39, 0.29) is 17.9 Å². The Labute approximate surface area is 92.0 Å². The summed E-state index contributed by atoms with van der Waals surface area (Å²) in [6, 6.07) is 1.08. The third-order valence-electron chi connectivity index (χ3n) is 1.97. The van der Waals surface area contributed by atoms with Gasteiger partial charge in [0.05, 0.1) is 11.1 Å². The molecular weight excluding hydrogens is 250 g/mol. The fourth-order valence-electron chi connectivity index (χ4n) is 1.23. The van der Waals surface area contributed by atoms with Gasteiger partial charge in [-0.1, -0.05) is 0 Å². The Balaban J connectivity index is 3.34. The van der Waals surface area contributed by atoms with E-state index >= 15 is 0 Å². The van der Waals surface area contributed by atoms with Gasteiger partial charge in [0.15, 0.2) is 0 Å². The number of halogens is 6. The molecule has 0 atom stereocenters. The fourth-order valence-corrected chi connectivity index (χ4v) is 1.23. The molecule has 0 saturated carbocycles. The minimum Gasteiger partial charge on any atom is -0.303 e. The molecule has 0 aliphatic carbocycles. The first-order valence-electron chi connectivity index (χ1n) is 4.36. The van der Waals surface area contributed by atoms with Crippen LogP contribution >= 0.6 is 0 Å². The normalized spacial score (nSPS) is 12.6.